The molecule has 0 radical (unpaired) electrons. The third kappa shape index (κ3) is 3.79. The number of ether oxygens (including phenoxy) is 1. The van der Waals surface area contributed by atoms with E-state index in [2.05, 4.69) is 47.2 Å². The number of fused-ring (bicyclic) bond motifs is 3. The van der Waals surface area contributed by atoms with Crippen molar-refractivity contribution in [2.75, 3.05) is 13.7 Å². The van der Waals surface area contributed by atoms with Crippen LogP contribution in [0.3, 0.4) is 0 Å². The minimum absolute atomic E-state index is 0.0537. The zero-order valence-corrected chi connectivity index (χ0v) is 18.6. The molecule has 142 valence electrons. The van der Waals surface area contributed by atoms with Gasteiger partial charge in [0.15, 0.2) is 0 Å². The van der Waals surface area contributed by atoms with Gasteiger partial charge in [0.05, 0.1) is 22.9 Å². The molecule has 0 amide bonds. The van der Waals surface area contributed by atoms with E-state index >= 15 is 0 Å². The molecule has 0 bridgehead atoms. The molecule has 3 aliphatic rings. The van der Waals surface area contributed by atoms with Crippen molar-refractivity contribution in [1.29, 1.82) is 0 Å². The highest BCUT2D eigenvalue weighted by Crippen LogP contribution is 2.63. The maximum absolute atomic E-state index is 12.0. The molecule has 4 unspecified atom stereocenters. The van der Waals surface area contributed by atoms with Crippen molar-refractivity contribution in [3.63, 3.8) is 0 Å². The van der Waals surface area contributed by atoms with E-state index in [1.165, 1.54) is 42.0 Å². The van der Waals surface area contributed by atoms with Crippen LogP contribution in [0.2, 0.25) is 0 Å². The lowest BCUT2D eigenvalue weighted by Gasteiger charge is -2.58. The summed E-state index contributed by atoms with van der Waals surface area (Å²) in [7, 11) is 2.93. The van der Waals surface area contributed by atoms with Crippen LogP contribution in [0.1, 0.15) is 58.8 Å². The van der Waals surface area contributed by atoms with Crippen LogP contribution in [0.4, 0.5) is 0 Å². The average Bonchev–Trinajstić information content (AvgIpc) is 2.99. The van der Waals surface area contributed by atoms with Crippen LogP contribution in [-0.4, -0.2) is 19.7 Å². The molecule has 0 aliphatic heterocycles. The number of methoxy groups -OCH3 is 1. The van der Waals surface area contributed by atoms with Gasteiger partial charge in [-0.1, -0.05) is 26.0 Å². The number of hydrogen-bond acceptors (Lipinski definition) is 4. The Kier molecular flexibility index (Phi) is 6.47. The van der Waals surface area contributed by atoms with Crippen molar-refractivity contribution < 1.29 is 13.7 Å². The number of allylic oxidation sites excluding steroid dienone is 2. The quantitative estimate of drug-likeness (QED) is 0.155. The Morgan fingerprint density at radius 2 is 2.08 bits per heavy atom. The lowest BCUT2D eigenvalue weighted by molar-refractivity contribution is -0.147. The first kappa shape index (κ1) is 20.0. The minimum Gasteiger partial charge on any atom is -0.469 e. The molecule has 0 N–H and O–H groups in total. The molecule has 0 saturated heterocycles. The van der Waals surface area contributed by atoms with E-state index < -0.39 is 0 Å². The fourth-order valence-electron chi connectivity index (χ4n) is 6.32. The van der Waals surface area contributed by atoms with E-state index in [1.807, 2.05) is 0 Å². The maximum Gasteiger partial charge on any atom is 0.305 e. The summed E-state index contributed by atoms with van der Waals surface area (Å²) in [6.45, 7) is 5.67. The molecular formula is C20H31IO3S. The highest BCUT2D eigenvalue weighted by Gasteiger charge is 2.56. The van der Waals surface area contributed by atoms with Gasteiger partial charge in [0, 0.05) is 27.6 Å². The second-order valence-corrected chi connectivity index (χ2v) is 10.2. The molecule has 2 saturated carbocycles. The highest BCUT2D eigenvalue weighted by molar-refractivity contribution is 14.2. The molecule has 6 atom stereocenters. The number of carbonyl (C=O) groups is 1. The first-order valence-electron chi connectivity index (χ1n) is 9.59. The van der Waals surface area contributed by atoms with Crippen molar-refractivity contribution in [2.45, 2.75) is 58.8 Å². The van der Waals surface area contributed by atoms with E-state index in [-0.39, 0.29) is 11.4 Å². The normalized spacial score (nSPS) is 42.7. The van der Waals surface area contributed by atoms with E-state index in [0.29, 0.717) is 23.7 Å². The molecule has 0 aromatic carbocycles. The molecule has 0 aromatic rings. The van der Waals surface area contributed by atoms with Crippen molar-refractivity contribution in [1.82, 2.24) is 0 Å². The molecule has 0 heterocycles. The van der Waals surface area contributed by atoms with E-state index in [9.17, 15) is 4.79 Å². The number of rotatable bonds is 6. The molecule has 0 spiro atoms. The number of halogens is 1. The van der Waals surface area contributed by atoms with Gasteiger partial charge < -0.3 is 8.92 Å². The molecule has 3 nitrogen and oxygen atoms in total. The molecule has 3 aliphatic carbocycles. The Labute approximate surface area is 168 Å². The van der Waals surface area contributed by atoms with Crippen LogP contribution in [-0.2, 0) is 13.7 Å². The SMILES string of the molecule is COC(=O)CC1CCC2[C@@H]3CC=CC3(C)CC[C@@H]2C1(C)CCOSI. The zero-order chi connectivity index (χ0) is 18.1. The maximum atomic E-state index is 12.0. The summed E-state index contributed by atoms with van der Waals surface area (Å²) < 4.78 is 10.6. The summed E-state index contributed by atoms with van der Waals surface area (Å²) in [5, 5.41) is 0. The van der Waals surface area contributed by atoms with Crippen molar-refractivity contribution in [3.05, 3.63) is 12.2 Å². The van der Waals surface area contributed by atoms with Gasteiger partial charge in [-0.2, -0.15) is 0 Å². The Morgan fingerprint density at radius 1 is 1.28 bits per heavy atom. The number of carbonyl (C=O) groups excluding carboxylic acids is 1. The van der Waals surface area contributed by atoms with Crippen molar-refractivity contribution >= 4 is 36.4 Å². The lowest BCUT2D eigenvalue weighted by atomic mass is 9.47. The average molecular weight is 478 g/mol. The largest absolute Gasteiger partial charge is 0.469 e. The summed E-state index contributed by atoms with van der Waals surface area (Å²) in [4.78, 5) is 12.0. The van der Waals surface area contributed by atoms with Gasteiger partial charge in [-0.25, -0.2) is 0 Å². The first-order chi connectivity index (χ1) is 11.9. The van der Waals surface area contributed by atoms with Gasteiger partial charge in [-0.05, 0) is 73.0 Å². The highest BCUT2D eigenvalue weighted by atomic mass is 127. The topological polar surface area (TPSA) is 35.5 Å². The molecular weight excluding hydrogens is 447 g/mol. The number of hydrogen-bond donors (Lipinski definition) is 0. The standard InChI is InChI=1S/C20H31IO3S/c1-19-9-4-5-16(19)15-7-6-14(13-18(22)23-3)20(2,11-12-24-25-21)17(15)8-10-19/h4,9,14-17H,5-8,10-13H2,1-3H3/t14?,15?,16-,17-,19?,20?/m0/s1. The van der Waals surface area contributed by atoms with Crippen LogP contribution < -0.4 is 0 Å². The summed E-state index contributed by atoms with van der Waals surface area (Å²) in [6, 6.07) is 0. The Balaban J connectivity index is 1.82. The zero-order valence-electron chi connectivity index (χ0n) is 15.6. The Bertz CT molecular complexity index is 525. The summed E-state index contributed by atoms with van der Waals surface area (Å²) >= 11 is 2.19. The summed E-state index contributed by atoms with van der Waals surface area (Å²) in [5.74, 6) is 2.66. The first-order valence-corrected chi connectivity index (χ1v) is 12.9. The minimum atomic E-state index is -0.0537. The van der Waals surface area contributed by atoms with Crippen LogP contribution in [0.25, 0.3) is 0 Å². The third-order valence-electron chi connectivity index (χ3n) is 7.80. The van der Waals surface area contributed by atoms with Crippen LogP contribution >= 0.6 is 30.4 Å². The monoisotopic (exact) mass is 478 g/mol. The van der Waals surface area contributed by atoms with E-state index in [1.54, 1.807) is 0 Å². The molecule has 3 rings (SSSR count). The predicted octanol–water partition coefficient (Wildman–Crippen LogP) is 5.98. The fourth-order valence-corrected chi connectivity index (χ4v) is 7.01. The van der Waals surface area contributed by atoms with Crippen LogP contribution in [0.5, 0.6) is 0 Å². The van der Waals surface area contributed by atoms with Gasteiger partial charge in [0.2, 0.25) is 0 Å². The second kappa shape index (κ2) is 8.09. The molecule has 5 heteroatoms. The Hall–Kier alpha value is 0.250. The van der Waals surface area contributed by atoms with E-state index in [4.69, 9.17) is 8.92 Å². The van der Waals surface area contributed by atoms with Gasteiger partial charge in [-0.15, -0.1) is 0 Å². The summed E-state index contributed by atoms with van der Waals surface area (Å²) in [6.07, 6.45) is 12.8. The smallest absolute Gasteiger partial charge is 0.305 e. The molecule has 2 fully saturated rings. The fraction of sp³-hybridized carbons (Fsp3) is 0.850. The second-order valence-electron chi connectivity index (χ2n) is 8.75. The molecule has 0 aromatic heterocycles. The van der Waals surface area contributed by atoms with E-state index in [0.717, 1.165) is 31.3 Å². The predicted molar refractivity (Wildman–Crippen MR) is 111 cm³/mol. The summed E-state index contributed by atoms with van der Waals surface area (Å²) in [5.41, 5.74) is 0.583. The van der Waals surface area contributed by atoms with Gasteiger partial charge in [0.25, 0.3) is 0 Å². The Morgan fingerprint density at radius 3 is 2.80 bits per heavy atom. The van der Waals surface area contributed by atoms with Crippen LogP contribution in [0, 0.1) is 34.5 Å². The van der Waals surface area contributed by atoms with Crippen molar-refractivity contribution in [3.8, 4) is 0 Å². The van der Waals surface area contributed by atoms with Crippen LogP contribution in [0.15, 0.2) is 12.2 Å². The van der Waals surface area contributed by atoms with Gasteiger partial charge in [0.1, 0.15) is 0 Å². The third-order valence-corrected chi connectivity index (χ3v) is 8.82. The lowest BCUT2D eigenvalue weighted by Crippen LogP contribution is -2.51. The molecule has 25 heavy (non-hydrogen) atoms. The van der Waals surface area contributed by atoms with Crippen molar-refractivity contribution in [2.24, 2.45) is 34.5 Å². The van der Waals surface area contributed by atoms with Gasteiger partial charge in [-0.3, -0.25) is 4.79 Å². The number of esters is 1. The van der Waals surface area contributed by atoms with Gasteiger partial charge >= 0.3 is 5.97 Å².